The summed E-state index contributed by atoms with van der Waals surface area (Å²) in [4.78, 5) is 21.0. The van der Waals surface area contributed by atoms with Gasteiger partial charge < -0.3 is 16.3 Å². The molecule has 0 fully saturated rings. The first-order chi connectivity index (χ1) is 5.59. The van der Waals surface area contributed by atoms with Crippen molar-refractivity contribution in [3.8, 4) is 0 Å². The summed E-state index contributed by atoms with van der Waals surface area (Å²) in [5.74, 6) is -2.85. The molecule has 7 heteroatoms. The lowest BCUT2D eigenvalue weighted by Gasteiger charge is -2.06. The molecule has 0 bridgehead atoms. The van der Waals surface area contributed by atoms with Crippen LogP contribution in [0.4, 0.5) is 0 Å². The summed E-state index contributed by atoms with van der Waals surface area (Å²) in [5.41, 5.74) is 4.90. The molecule has 0 spiro atoms. The first-order valence-electron chi connectivity index (χ1n) is 4.11. The normalized spacial score (nSPS) is 9.93. The van der Waals surface area contributed by atoms with Crippen molar-refractivity contribution >= 4 is 36.7 Å². The van der Waals surface area contributed by atoms with E-state index in [0.717, 1.165) is 19.3 Å². The van der Waals surface area contributed by atoms with E-state index in [9.17, 15) is 9.59 Å². The lowest BCUT2D eigenvalue weighted by Crippen LogP contribution is -2.29. The highest BCUT2D eigenvalue weighted by Gasteiger charge is 2.22. The number of carboxylic acids is 1. The number of carboxylic acid groups (broad SMARTS) is 1. The van der Waals surface area contributed by atoms with E-state index < -0.39 is 17.8 Å². The zero-order valence-electron chi connectivity index (χ0n) is 8.56. The largest absolute Gasteiger partial charge is 0.481 e. The van der Waals surface area contributed by atoms with E-state index in [1.54, 1.807) is 0 Å². The Morgan fingerprint density at radius 3 is 2.00 bits per heavy atom. The van der Waals surface area contributed by atoms with Crippen LogP contribution in [-0.2, 0) is 9.59 Å². The molecule has 0 rings (SSSR count). The molecule has 0 aromatic carbocycles. The summed E-state index contributed by atoms with van der Waals surface area (Å²) in [5, 5.41) is 8.54. The summed E-state index contributed by atoms with van der Waals surface area (Å²) >= 11 is 0. The van der Waals surface area contributed by atoms with Crippen molar-refractivity contribution in [2.75, 3.05) is 0 Å². The van der Waals surface area contributed by atoms with Gasteiger partial charge >= 0.3 is 5.97 Å². The van der Waals surface area contributed by atoms with Crippen molar-refractivity contribution in [3.63, 3.8) is 0 Å². The van der Waals surface area contributed by atoms with Gasteiger partial charge in [0.2, 0.25) is 5.91 Å². The maximum absolute atomic E-state index is 10.6. The summed E-state index contributed by atoms with van der Waals surface area (Å²) in [7, 11) is 0. The molecule has 1 unspecified atom stereocenters. The van der Waals surface area contributed by atoms with Crippen LogP contribution in [0.15, 0.2) is 0 Å². The van der Waals surface area contributed by atoms with E-state index in [-0.39, 0.29) is 30.3 Å². The molecule has 5 nitrogen and oxygen atoms in total. The third kappa shape index (κ3) is 11.4. The standard InChI is InChI=1S/C8H15NO3.2ClH.H2O/c1-2-3-4-5-6(7(9)10)8(11)12;;;/h6H,2-5H2,1H3,(H2,9,10)(H,11,12);2*1H;1H2. The number of hydrogen-bond acceptors (Lipinski definition) is 2. The first kappa shape index (κ1) is 24.0. The summed E-state index contributed by atoms with van der Waals surface area (Å²) in [6.45, 7) is 2.01. The number of rotatable bonds is 6. The van der Waals surface area contributed by atoms with E-state index in [1.807, 2.05) is 6.92 Å². The number of halogens is 2. The summed E-state index contributed by atoms with van der Waals surface area (Å²) in [6.07, 6.45) is 3.05. The molecule has 0 aliphatic rings. The van der Waals surface area contributed by atoms with Gasteiger partial charge in [-0.05, 0) is 6.42 Å². The second-order valence-electron chi connectivity index (χ2n) is 2.79. The van der Waals surface area contributed by atoms with Gasteiger partial charge in [0.1, 0.15) is 5.92 Å². The predicted molar refractivity (Wildman–Crippen MR) is 62.6 cm³/mol. The Balaban J connectivity index is -0.000000202. The van der Waals surface area contributed by atoms with Crippen LogP contribution in [0.25, 0.3) is 0 Å². The van der Waals surface area contributed by atoms with Crippen molar-refractivity contribution in [2.45, 2.75) is 32.6 Å². The fourth-order valence-corrected chi connectivity index (χ4v) is 0.986. The SMILES string of the molecule is CCCCCC(C(N)=O)C(=O)O.Cl.Cl.O. The van der Waals surface area contributed by atoms with Crippen molar-refractivity contribution in [2.24, 2.45) is 11.7 Å². The van der Waals surface area contributed by atoms with Gasteiger partial charge in [-0.2, -0.15) is 0 Å². The number of carbonyl (C=O) groups excluding carboxylic acids is 1. The zero-order valence-corrected chi connectivity index (χ0v) is 10.2. The fourth-order valence-electron chi connectivity index (χ4n) is 0.986. The van der Waals surface area contributed by atoms with Crippen LogP contribution in [0.3, 0.4) is 0 Å². The minimum absolute atomic E-state index is 0. The molecule has 0 saturated heterocycles. The number of hydrogen-bond donors (Lipinski definition) is 2. The Labute approximate surface area is 102 Å². The molecule has 1 amide bonds. The Kier molecular flexibility index (Phi) is 21.5. The summed E-state index contributed by atoms with van der Waals surface area (Å²) < 4.78 is 0. The van der Waals surface area contributed by atoms with E-state index in [1.165, 1.54) is 0 Å². The summed E-state index contributed by atoms with van der Waals surface area (Å²) in [6, 6.07) is 0. The molecule has 0 aliphatic carbocycles. The van der Waals surface area contributed by atoms with Crippen molar-refractivity contribution in [1.29, 1.82) is 0 Å². The highest BCUT2D eigenvalue weighted by atomic mass is 35.5. The van der Waals surface area contributed by atoms with E-state index >= 15 is 0 Å². The van der Waals surface area contributed by atoms with Crippen molar-refractivity contribution in [3.05, 3.63) is 0 Å². The maximum Gasteiger partial charge on any atom is 0.316 e. The lowest BCUT2D eigenvalue weighted by atomic mass is 10.0. The third-order valence-corrected chi connectivity index (χ3v) is 1.74. The molecule has 94 valence electrons. The van der Waals surface area contributed by atoms with Gasteiger partial charge in [-0.15, -0.1) is 24.8 Å². The van der Waals surface area contributed by atoms with Crippen molar-refractivity contribution in [1.82, 2.24) is 0 Å². The van der Waals surface area contributed by atoms with Crippen LogP contribution in [-0.4, -0.2) is 22.5 Å². The monoisotopic (exact) mass is 263 g/mol. The first-order valence-corrected chi connectivity index (χ1v) is 4.11. The Morgan fingerprint density at radius 2 is 1.73 bits per heavy atom. The van der Waals surface area contributed by atoms with Gasteiger partial charge in [0.05, 0.1) is 0 Å². The topological polar surface area (TPSA) is 112 Å². The molecular formula is C8H19Cl2NO4. The minimum Gasteiger partial charge on any atom is -0.481 e. The Morgan fingerprint density at radius 1 is 1.27 bits per heavy atom. The number of primary amides is 1. The van der Waals surface area contributed by atoms with E-state index in [0.29, 0.717) is 6.42 Å². The van der Waals surface area contributed by atoms with Crippen LogP contribution in [0.5, 0.6) is 0 Å². The molecule has 0 aliphatic heterocycles. The molecule has 0 heterocycles. The molecular weight excluding hydrogens is 245 g/mol. The zero-order chi connectivity index (χ0) is 9.56. The van der Waals surface area contributed by atoms with Crippen LogP contribution in [0, 0.1) is 5.92 Å². The highest BCUT2D eigenvalue weighted by Crippen LogP contribution is 2.09. The van der Waals surface area contributed by atoms with Gasteiger partial charge in [-0.3, -0.25) is 9.59 Å². The van der Waals surface area contributed by atoms with Gasteiger partial charge in [0.15, 0.2) is 0 Å². The van der Waals surface area contributed by atoms with Gasteiger partial charge in [-0.1, -0.05) is 26.2 Å². The maximum atomic E-state index is 10.6. The van der Waals surface area contributed by atoms with E-state index in [4.69, 9.17) is 10.8 Å². The van der Waals surface area contributed by atoms with Crippen LogP contribution in [0.1, 0.15) is 32.6 Å². The average molecular weight is 264 g/mol. The number of nitrogens with two attached hydrogens (primary N) is 1. The number of amides is 1. The molecule has 5 N–H and O–H groups in total. The fraction of sp³-hybridized carbons (Fsp3) is 0.750. The van der Waals surface area contributed by atoms with Gasteiger partial charge in [0.25, 0.3) is 0 Å². The van der Waals surface area contributed by atoms with Crippen LogP contribution in [0.2, 0.25) is 0 Å². The molecule has 1 atom stereocenters. The molecule has 0 aromatic heterocycles. The molecule has 0 aromatic rings. The number of unbranched alkanes of at least 4 members (excludes halogenated alkanes) is 2. The van der Waals surface area contributed by atoms with Crippen molar-refractivity contribution < 1.29 is 20.2 Å². The Bertz CT molecular complexity index is 164. The minimum atomic E-state index is -1.11. The quantitative estimate of drug-likeness (QED) is 0.545. The highest BCUT2D eigenvalue weighted by molar-refractivity contribution is 5.95. The number of aliphatic carboxylic acids is 1. The molecule has 15 heavy (non-hydrogen) atoms. The smallest absolute Gasteiger partial charge is 0.316 e. The Hall–Kier alpha value is -0.520. The van der Waals surface area contributed by atoms with Gasteiger partial charge in [0, 0.05) is 0 Å². The third-order valence-electron chi connectivity index (χ3n) is 1.74. The second-order valence-corrected chi connectivity index (χ2v) is 2.79. The second kappa shape index (κ2) is 13.5. The van der Waals surface area contributed by atoms with E-state index in [2.05, 4.69) is 0 Å². The average Bonchev–Trinajstić information content (AvgIpc) is 1.96. The van der Waals surface area contributed by atoms with Gasteiger partial charge in [-0.25, -0.2) is 0 Å². The van der Waals surface area contributed by atoms with Crippen LogP contribution >= 0.6 is 24.8 Å². The van der Waals surface area contributed by atoms with Crippen LogP contribution < -0.4 is 5.73 Å². The molecule has 0 radical (unpaired) electrons. The molecule has 0 saturated carbocycles. The predicted octanol–water partition coefficient (Wildman–Crippen LogP) is 0.772. The lowest BCUT2D eigenvalue weighted by molar-refractivity contribution is -0.146. The number of carbonyl (C=O) groups is 2.